The Morgan fingerprint density at radius 2 is 2.31 bits per heavy atom. The first-order chi connectivity index (χ1) is 6.36. The molecule has 0 saturated carbocycles. The van der Waals surface area contributed by atoms with E-state index in [1.54, 1.807) is 17.2 Å². The highest BCUT2D eigenvalue weighted by molar-refractivity contribution is 5.45. The molecule has 0 aromatic carbocycles. The van der Waals surface area contributed by atoms with Crippen LogP contribution in [0.5, 0.6) is 0 Å². The van der Waals surface area contributed by atoms with Gasteiger partial charge in [0.25, 0.3) is 0 Å². The van der Waals surface area contributed by atoms with E-state index in [4.69, 9.17) is 0 Å². The summed E-state index contributed by atoms with van der Waals surface area (Å²) in [4.78, 5) is 5.88. The zero-order valence-electron chi connectivity index (χ0n) is 7.02. The Morgan fingerprint density at radius 1 is 1.38 bits per heavy atom. The lowest BCUT2D eigenvalue weighted by Gasteiger charge is -2.19. The van der Waals surface area contributed by atoms with Crippen molar-refractivity contribution in [2.45, 2.75) is 0 Å². The van der Waals surface area contributed by atoms with Crippen molar-refractivity contribution in [2.75, 3.05) is 11.4 Å². The fourth-order valence-corrected chi connectivity index (χ4v) is 1.21. The summed E-state index contributed by atoms with van der Waals surface area (Å²) in [5.74, 6) is 0.527. The van der Waals surface area contributed by atoms with Gasteiger partial charge in [-0.25, -0.2) is 9.37 Å². The van der Waals surface area contributed by atoms with Crippen LogP contribution >= 0.6 is 0 Å². The van der Waals surface area contributed by atoms with Crippen molar-refractivity contribution in [1.29, 1.82) is 0 Å². The number of halogens is 1. The molecular formula is C10H9FN2. The van der Waals surface area contributed by atoms with Crippen LogP contribution in [0, 0.1) is 0 Å². The average Bonchev–Trinajstić information content (AvgIpc) is 2.19. The molecule has 66 valence electrons. The third kappa shape index (κ3) is 1.75. The van der Waals surface area contributed by atoms with Gasteiger partial charge in [-0.3, -0.25) is 0 Å². The van der Waals surface area contributed by atoms with Crippen LogP contribution < -0.4 is 4.90 Å². The molecule has 0 atom stereocenters. The molecule has 1 aliphatic rings. The summed E-state index contributed by atoms with van der Waals surface area (Å²) in [5, 5.41) is 0. The lowest BCUT2D eigenvalue weighted by Crippen LogP contribution is -2.19. The van der Waals surface area contributed by atoms with E-state index in [9.17, 15) is 4.39 Å². The summed E-state index contributed by atoms with van der Waals surface area (Å²) in [5.41, 5.74) is 0. The van der Waals surface area contributed by atoms with E-state index in [-0.39, 0.29) is 5.83 Å². The summed E-state index contributed by atoms with van der Waals surface area (Å²) < 4.78 is 12.8. The molecule has 13 heavy (non-hydrogen) atoms. The van der Waals surface area contributed by atoms with E-state index in [1.807, 2.05) is 18.2 Å². The number of rotatable bonds is 1. The number of hydrogen-bond acceptors (Lipinski definition) is 2. The number of nitrogens with zero attached hydrogens (tertiary/aromatic N) is 2. The van der Waals surface area contributed by atoms with Crippen LogP contribution in [-0.2, 0) is 0 Å². The number of allylic oxidation sites excluding steroid dienone is 2. The van der Waals surface area contributed by atoms with Crippen LogP contribution in [0.4, 0.5) is 10.2 Å². The second-order valence-corrected chi connectivity index (χ2v) is 2.76. The highest BCUT2D eigenvalue weighted by Gasteiger charge is 2.06. The number of anilines is 1. The summed E-state index contributed by atoms with van der Waals surface area (Å²) in [6, 6.07) is 5.57. The maximum absolute atomic E-state index is 12.8. The van der Waals surface area contributed by atoms with Gasteiger partial charge in [0.1, 0.15) is 11.6 Å². The van der Waals surface area contributed by atoms with Gasteiger partial charge in [0.05, 0.1) is 0 Å². The van der Waals surface area contributed by atoms with E-state index < -0.39 is 0 Å². The van der Waals surface area contributed by atoms with Gasteiger partial charge in [-0.2, -0.15) is 0 Å². The largest absolute Gasteiger partial charge is 0.326 e. The molecule has 0 bridgehead atoms. The van der Waals surface area contributed by atoms with Gasteiger partial charge in [0, 0.05) is 18.9 Å². The van der Waals surface area contributed by atoms with Gasteiger partial charge in [-0.15, -0.1) is 0 Å². The van der Waals surface area contributed by atoms with Crippen LogP contribution in [-0.4, -0.2) is 11.5 Å². The Hall–Kier alpha value is -1.64. The third-order valence-electron chi connectivity index (χ3n) is 1.80. The van der Waals surface area contributed by atoms with Gasteiger partial charge >= 0.3 is 0 Å². The fraction of sp³-hybridized carbons (Fsp3) is 0.100. The van der Waals surface area contributed by atoms with Crippen molar-refractivity contribution in [3.8, 4) is 0 Å². The van der Waals surface area contributed by atoms with Crippen LogP contribution in [0.25, 0.3) is 0 Å². The molecule has 0 aliphatic carbocycles. The van der Waals surface area contributed by atoms with Crippen molar-refractivity contribution < 1.29 is 4.39 Å². The minimum Gasteiger partial charge on any atom is -0.326 e. The predicted molar refractivity (Wildman–Crippen MR) is 49.9 cm³/mol. The van der Waals surface area contributed by atoms with E-state index in [2.05, 4.69) is 4.98 Å². The quantitative estimate of drug-likeness (QED) is 0.652. The molecule has 1 aliphatic heterocycles. The maximum Gasteiger partial charge on any atom is 0.139 e. The molecule has 0 amide bonds. The van der Waals surface area contributed by atoms with E-state index in [0.717, 1.165) is 5.82 Å². The number of pyridine rings is 1. The Kier molecular flexibility index (Phi) is 2.08. The maximum atomic E-state index is 12.8. The molecular weight excluding hydrogens is 167 g/mol. The topological polar surface area (TPSA) is 16.1 Å². The van der Waals surface area contributed by atoms with Gasteiger partial charge in [0.15, 0.2) is 0 Å². The van der Waals surface area contributed by atoms with Crippen molar-refractivity contribution in [2.24, 2.45) is 0 Å². The highest BCUT2D eigenvalue weighted by Crippen LogP contribution is 2.15. The molecule has 2 heterocycles. The number of aromatic nitrogens is 1. The molecule has 0 unspecified atom stereocenters. The summed E-state index contributed by atoms with van der Waals surface area (Å²) in [6.45, 7) is 0.671. The molecule has 3 heteroatoms. The Morgan fingerprint density at radius 3 is 3.00 bits per heavy atom. The highest BCUT2D eigenvalue weighted by atomic mass is 19.1. The zero-order chi connectivity index (χ0) is 9.10. The first-order valence-corrected chi connectivity index (χ1v) is 4.08. The SMILES string of the molecule is FC1=CN(c2ccccn2)CC=C1. The molecule has 1 aromatic heterocycles. The van der Waals surface area contributed by atoms with Crippen molar-refractivity contribution in [1.82, 2.24) is 4.98 Å². The summed E-state index contributed by atoms with van der Waals surface area (Å²) >= 11 is 0. The van der Waals surface area contributed by atoms with E-state index >= 15 is 0 Å². The lowest BCUT2D eigenvalue weighted by molar-refractivity contribution is 0.654. The fourth-order valence-electron chi connectivity index (χ4n) is 1.21. The van der Waals surface area contributed by atoms with Crippen LogP contribution in [0.15, 0.2) is 48.6 Å². The standard InChI is InChI=1S/C10H9FN2/c11-9-4-3-7-13(8-9)10-5-1-2-6-12-10/h1-6,8H,7H2. The second-order valence-electron chi connectivity index (χ2n) is 2.76. The van der Waals surface area contributed by atoms with E-state index in [1.165, 1.54) is 12.3 Å². The molecule has 0 radical (unpaired) electrons. The van der Waals surface area contributed by atoms with Crippen LogP contribution in [0.1, 0.15) is 0 Å². The van der Waals surface area contributed by atoms with Crippen LogP contribution in [0.2, 0.25) is 0 Å². The molecule has 0 fully saturated rings. The third-order valence-corrected chi connectivity index (χ3v) is 1.80. The first kappa shape index (κ1) is 7.98. The minimum atomic E-state index is -0.239. The lowest BCUT2D eigenvalue weighted by atomic mass is 10.3. The minimum absolute atomic E-state index is 0.239. The number of hydrogen-bond donors (Lipinski definition) is 0. The van der Waals surface area contributed by atoms with Crippen molar-refractivity contribution >= 4 is 5.82 Å². The Labute approximate surface area is 76.0 Å². The molecule has 0 spiro atoms. The summed E-state index contributed by atoms with van der Waals surface area (Å²) in [7, 11) is 0. The van der Waals surface area contributed by atoms with E-state index in [0.29, 0.717) is 6.54 Å². The monoisotopic (exact) mass is 176 g/mol. The molecule has 1 aromatic rings. The van der Waals surface area contributed by atoms with Gasteiger partial charge in [-0.1, -0.05) is 12.1 Å². The van der Waals surface area contributed by atoms with Crippen molar-refractivity contribution in [3.05, 3.63) is 48.6 Å². The van der Waals surface area contributed by atoms with Gasteiger partial charge < -0.3 is 4.90 Å². The van der Waals surface area contributed by atoms with Crippen molar-refractivity contribution in [3.63, 3.8) is 0 Å². The first-order valence-electron chi connectivity index (χ1n) is 4.08. The van der Waals surface area contributed by atoms with Gasteiger partial charge in [-0.05, 0) is 18.2 Å². The Bertz CT molecular complexity index is 343. The Balaban J connectivity index is 2.24. The average molecular weight is 176 g/mol. The molecule has 2 nitrogen and oxygen atoms in total. The second kappa shape index (κ2) is 3.39. The zero-order valence-corrected chi connectivity index (χ0v) is 7.02. The molecule has 2 rings (SSSR count). The molecule has 0 saturated heterocycles. The normalized spacial score (nSPS) is 15.8. The summed E-state index contributed by atoms with van der Waals surface area (Å²) in [6.07, 6.45) is 6.37. The van der Waals surface area contributed by atoms with Crippen LogP contribution in [0.3, 0.4) is 0 Å². The van der Waals surface area contributed by atoms with Gasteiger partial charge in [0.2, 0.25) is 0 Å². The smallest absolute Gasteiger partial charge is 0.139 e. The predicted octanol–water partition coefficient (Wildman–Crippen LogP) is 2.27. The molecule has 0 N–H and O–H groups in total.